The molecule has 3 aliphatic carbocycles. The van der Waals surface area contributed by atoms with Crippen LogP contribution in [0.25, 0.3) is 5.76 Å². The predicted octanol–water partition coefficient (Wildman–Crippen LogP) is 1.38. The second-order valence-electron chi connectivity index (χ2n) is 10.1. The summed E-state index contributed by atoms with van der Waals surface area (Å²) in [6.45, 7) is 2.75. The zero-order valence-corrected chi connectivity index (χ0v) is 20.2. The van der Waals surface area contributed by atoms with Gasteiger partial charge in [0, 0.05) is 11.5 Å². The van der Waals surface area contributed by atoms with Crippen molar-refractivity contribution in [3.8, 4) is 5.75 Å². The van der Waals surface area contributed by atoms with E-state index in [0.717, 1.165) is 12.5 Å². The summed E-state index contributed by atoms with van der Waals surface area (Å²) in [5.74, 6) is -5.76. The van der Waals surface area contributed by atoms with Crippen molar-refractivity contribution in [3.05, 3.63) is 45.7 Å². The Morgan fingerprint density at radius 2 is 1.86 bits per heavy atom. The molecule has 1 aromatic carbocycles. The van der Waals surface area contributed by atoms with Gasteiger partial charge in [0.1, 0.15) is 22.8 Å². The highest BCUT2D eigenvalue weighted by atomic mass is 16.3. The van der Waals surface area contributed by atoms with Gasteiger partial charge in [0.25, 0.3) is 0 Å². The fourth-order valence-electron chi connectivity index (χ4n) is 6.01. The lowest BCUT2D eigenvalue weighted by molar-refractivity contribution is -0.153. The molecule has 0 aromatic heterocycles. The average molecular weight is 486 g/mol. The van der Waals surface area contributed by atoms with E-state index >= 15 is 0 Å². The van der Waals surface area contributed by atoms with E-state index in [4.69, 9.17) is 0 Å². The van der Waals surface area contributed by atoms with E-state index in [1.54, 1.807) is 27.1 Å². The van der Waals surface area contributed by atoms with Crippen LogP contribution < -0.4 is 0 Å². The molecule has 0 radical (unpaired) electrons. The number of nitrogens with zero attached hydrogens (tertiary/aromatic N) is 1. The molecule has 9 heteroatoms. The summed E-state index contributed by atoms with van der Waals surface area (Å²) in [5, 5.41) is 54.0. The molecule has 1 unspecified atom stereocenters. The minimum atomic E-state index is -2.57. The number of aliphatic hydroxyl groups excluding tert-OH is 3. The molecule has 0 saturated heterocycles. The summed E-state index contributed by atoms with van der Waals surface area (Å²) in [6, 6.07) is 2.09. The number of hydrogen-bond donors (Lipinski definition) is 5. The molecule has 1 saturated carbocycles. The Morgan fingerprint density at radius 1 is 1.20 bits per heavy atom. The van der Waals surface area contributed by atoms with Gasteiger partial charge in [-0.15, -0.1) is 0 Å². The van der Waals surface area contributed by atoms with E-state index < -0.39 is 64.0 Å². The number of phenols is 1. The van der Waals surface area contributed by atoms with Gasteiger partial charge in [-0.05, 0) is 76.7 Å². The van der Waals surface area contributed by atoms with E-state index in [0.29, 0.717) is 18.4 Å². The fourth-order valence-corrected chi connectivity index (χ4v) is 6.01. The third kappa shape index (κ3) is 3.61. The summed E-state index contributed by atoms with van der Waals surface area (Å²) in [4.78, 5) is 40.7. The molecule has 5 N–H and O–H groups in total. The maximum Gasteiger partial charge on any atom is 0.202 e. The van der Waals surface area contributed by atoms with Crippen molar-refractivity contribution in [1.29, 1.82) is 0 Å². The second-order valence-corrected chi connectivity index (χ2v) is 10.1. The summed E-state index contributed by atoms with van der Waals surface area (Å²) in [7, 11) is 3.19. The Morgan fingerprint density at radius 3 is 2.43 bits per heavy atom. The largest absolute Gasteiger partial charge is 0.508 e. The lowest BCUT2D eigenvalue weighted by Crippen LogP contribution is -2.65. The van der Waals surface area contributed by atoms with Crippen LogP contribution in [0.15, 0.2) is 29.0 Å². The van der Waals surface area contributed by atoms with Crippen molar-refractivity contribution in [2.24, 2.45) is 11.8 Å². The van der Waals surface area contributed by atoms with E-state index in [1.165, 1.54) is 11.0 Å². The molecule has 188 valence electrons. The molecule has 9 nitrogen and oxygen atoms in total. The zero-order valence-electron chi connectivity index (χ0n) is 20.2. The number of hydrogen-bond acceptors (Lipinski definition) is 9. The zero-order chi connectivity index (χ0) is 26.0. The fraction of sp³-hybridized carbons (Fsp3) is 0.500. The Balaban J connectivity index is 1.92. The van der Waals surface area contributed by atoms with Crippen LogP contribution in [0.5, 0.6) is 5.75 Å². The quantitative estimate of drug-likeness (QED) is 0.389. The first-order chi connectivity index (χ1) is 16.3. The Hall–Kier alpha value is -3.01. The number of rotatable bonds is 5. The molecule has 0 spiro atoms. The van der Waals surface area contributed by atoms with Gasteiger partial charge in [0.15, 0.2) is 17.2 Å². The lowest BCUT2D eigenvalue weighted by Gasteiger charge is -2.50. The van der Waals surface area contributed by atoms with Gasteiger partial charge >= 0.3 is 0 Å². The van der Waals surface area contributed by atoms with Crippen LogP contribution >= 0.6 is 0 Å². The SMILES string of the molecule is CC(=O)C1=C(O)[C@@]2(O)C(=O)C3=C(O)c4c(O)ccc(CCC(C)O)c4C[C@H]3C[C@H]2[C@H](N(C)C)C1=O. The normalized spacial score (nSPS) is 29.2. The number of fused-ring (bicyclic) bond motifs is 3. The Labute approximate surface area is 203 Å². The van der Waals surface area contributed by atoms with Crippen molar-refractivity contribution >= 4 is 23.1 Å². The van der Waals surface area contributed by atoms with Gasteiger partial charge in [-0.3, -0.25) is 19.3 Å². The standard InChI is InChI=1S/C26H31NO8/c1-11(28)5-6-13-7-8-17(30)20-15(13)9-14-10-16-21(27(3)4)23(32)18(12(2)29)24(33)26(16,35)25(34)19(14)22(20)31/h7-8,11,14,16,21,28,30-31,33,35H,5-6,9-10H2,1-4H3/t11?,14-,16-,21-,26+/m0/s1. The van der Waals surface area contributed by atoms with E-state index in [-0.39, 0.29) is 29.7 Å². The highest BCUT2D eigenvalue weighted by Gasteiger charge is 2.64. The Kier molecular flexibility index (Phi) is 6.15. The van der Waals surface area contributed by atoms with Crippen LogP contribution in [0.2, 0.25) is 0 Å². The number of carbonyl (C=O) groups excluding carboxylic acids is 3. The van der Waals surface area contributed by atoms with Gasteiger partial charge in [-0.1, -0.05) is 6.07 Å². The molecular formula is C26H31NO8. The predicted molar refractivity (Wildman–Crippen MR) is 126 cm³/mol. The van der Waals surface area contributed by atoms with Crippen LogP contribution in [0.4, 0.5) is 0 Å². The van der Waals surface area contributed by atoms with Crippen LogP contribution in [-0.4, -0.2) is 79.6 Å². The first-order valence-corrected chi connectivity index (χ1v) is 11.7. The van der Waals surface area contributed by atoms with Crippen LogP contribution in [0, 0.1) is 11.8 Å². The molecule has 0 heterocycles. The molecule has 35 heavy (non-hydrogen) atoms. The highest BCUT2D eigenvalue weighted by Crippen LogP contribution is 2.53. The summed E-state index contributed by atoms with van der Waals surface area (Å²) in [6.07, 6.45) is 0.741. The monoisotopic (exact) mass is 485 g/mol. The number of phenolic OH excluding ortho intramolecular Hbond substituents is 1. The van der Waals surface area contributed by atoms with Crippen molar-refractivity contribution in [2.75, 3.05) is 14.1 Å². The number of aromatic hydroxyl groups is 1. The number of likely N-dealkylation sites (N-methyl/N-ethyl adjacent to an activating group) is 1. The number of aliphatic hydroxyl groups is 4. The number of benzene rings is 1. The van der Waals surface area contributed by atoms with Gasteiger partial charge in [0.2, 0.25) is 5.78 Å². The summed E-state index contributed by atoms with van der Waals surface area (Å²) < 4.78 is 0. The number of aryl methyl sites for hydroxylation is 1. The van der Waals surface area contributed by atoms with Crippen LogP contribution in [0.3, 0.4) is 0 Å². The van der Waals surface area contributed by atoms with Crippen molar-refractivity contribution in [1.82, 2.24) is 4.90 Å². The molecule has 1 aromatic rings. The van der Waals surface area contributed by atoms with E-state index in [1.807, 2.05) is 0 Å². The molecule has 5 atom stereocenters. The van der Waals surface area contributed by atoms with Gasteiger partial charge < -0.3 is 25.5 Å². The molecule has 3 aliphatic rings. The topological polar surface area (TPSA) is 156 Å². The van der Waals surface area contributed by atoms with Crippen molar-refractivity contribution in [3.63, 3.8) is 0 Å². The minimum Gasteiger partial charge on any atom is -0.508 e. The first kappa shape index (κ1) is 25.1. The van der Waals surface area contributed by atoms with Crippen molar-refractivity contribution in [2.45, 2.75) is 57.3 Å². The molecule has 0 bridgehead atoms. The highest BCUT2D eigenvalue weighted by molar-refractivity contribution is 6.25. The van der Waals surface area contributed by atoms with Gasteiger partial charge in [-0.2, -0.15) is 0 Å². The van der Waals surface area contributed by atoms with Gasteiger partial charge in [-0.25, -0.2) is 0 Å². The first-order valence-electron chi connectivity index (χ1n) is 11.7. The molecule has 4 rings (SSSR count). The average Bonchev–Trinajstić information content (AvgIpc) is 2.75. The third-order valence-corrected chi connectivity index (χ3v) is 7.64. The third-order valence-electron chi connectivity index (χ3n) is 7.64. The molecule has 1 fully saturated rings. The molecular weight excluding hydrogens is 454 g/mol. The summed E-state index contributed by atoms with van der Waals surface area (Å²) >= 11 is 0. The smallest absolute Gasteiger partial charge is 0.202 e. The number of ketones is 3. The lowest BCUT2D eigenvalue weighted by atomic mass is 9.57. The molecule has 0 aliphatic heterocycles. The maximum absolute atomic E-state index is 13.8. The van der Waals surface area contributed by atoms with Crippen LogP contribution in [0.1, 0.15) is 43.4 Å². The number of Topliss-reactive ketones (excluding diaryl/α,β-unsaturated/α-hetero) is 3. The maximum atomic E-state index is 13.8. The molecule has 0 amide bonds. The minimum absolute atomic E-state index is 0.0798. The van der Waals surface area contributed by atoms with Gasteiger partial charge in [0.05, 0.1) is 17.7 Å². The van der Waals surface area contributed by atoms with E-state index in [2.05, 4.69) is 0 Å². The van der Waals surface area contributed by atoms with Crippen molar-refractivity contribution < 1.29 is 39.9 Å². The van der Waals surface area contributed by atoms with E-state index in [9.17, 15) is 39.9 Å². The Bertz CT molecular complexity index is 1190. The second kappa shape index (κ2) is 8.58. The summed E-state index contributed by atoms with van der Waals surface area (Å²) in [5.41, 5.74) is -1.79. The van der Waals surface area contributed by atoms with Crippen LogP contribution in [-0.2, 0) is 27.2 Å². The number of carbonyl (C=O) groups is 3.